The van der Waals surface area contributed by atoms with E-state index in [4.69, 9.17) is 4.74 Å². The van der Waals surface area contributed by atoms with Gasteiger partial charge >= 0.3 is 6.09 Å². The van der Waals surface area contributed by atoms with Gasteiger partial charge in [0.15, 0.2) is 0 Å². The number of pyridine rings is 1. The first-order chi connectivity index (χ1) is 13.2. The smallest absolute Gasteiger partial charge is 0.408 e. The number of aromatic nitrogens is 1. The molecule has 0 fully saturated rings. The van der Waals surface area contributed by atoms with Crippen LogP contribution in [-0.2, 0) is 16.1 Å². The highest BCUT2D eigenvalue weighted by Crippen LogP contribution is 2.11. The predicted molar refractivity (Wildman–Crippen MR) is 105 cm³/mol. The second-order valence-corrected chi connectivity index (χ2v) is 7.00. The van der Waals surface area contributed by atoms with Gasteiger partial charge in [0.1, 0.15) is 17.8 Å². The number of anilines is 1. The van der Waals surface area contributed by atoms with E-state index in [0.29, 0.717) is 11.4 Å². The molecule has 0 saturated carbocycles. The Morgan fingerprint density at radius 3 is 2.50 bits per heavy atom. The van der Waals surface area contributed by atoms with Crippen LogP contribution in [0, 0.1) is 0 Å². The molecule has 8 heteroatoms. The normalized spacial score (nSPS) is 10.7. The molecule has 8 nitrogen and oxygen atoms in total. The molecule has 0 spiro atoms. The standard InChI is InChI=1S/C20H24N4O4/c1-20(2,3)28-19(27)23-13-17(25)24-15-8-6-7-14(11-15)12-22-18(26)16-9-4-5-10-21-16/h4-11H,12-13H2,1-3H3,(H,22,26)(H,23,27)(H,24,25). The van der Waals surface area contributed by atoms with Crippen molar-refractivity contribution in [3.05, 3.63) is 59.9 Å². The number of ether oxygens (including phenoxy) is 1. The number of amides is 3. The van der Waals surface area contributed by atoms with E-state index in [1.54, 1.807) is 63.4 Å². The SMILES string of the molecule is CC(C)(C)OC(=O)NCC(=O)Nc1cccc(CNC(=O)c2ccccn2)c1. The third-order valence-corrected chi connectivity index (χ3v) is 3.35. The molecule has 0 aliphatic carbocycles. The first-order valence-electron chi connectivity index (χ1n) is 8.78. The molecule has 3 N–H and O–H groups in total. The van der Waals surface area contributed by atoms with Gasteiger partial charge in [-0.05, 0) is 50.6 Å². The van der Waals surface area contributed by atoms with E-state index in [9.17, 15) is 14.4 Å². The fourth-order valence-corrected chi connectivity index (χ4v) is 2.20. The summed E-state index contributed by atoms with van der Waals surface area (Å²) in [6.07, 6.45) is 0.893. The molecule has 0 aliphatic rings. The van der Waals surface area contributed by atoms with Gasteiger partial charge in [0, 0.05) is 18.4 Å². The number of carbonyl (C=O) groups excluding carboxylic acids is 3. The van der Waals surface area contributed by atoms with Gasteiger partial charge in [-0.2, -0.15) is 0 Å². The monoisotopic (exact) mass is 384 g/mol. The highest BCUT2D eigenvalue weighted by Gasteiger charge is 2.16. The van der Waals surface area contributed by atoms with E-state index >= 15 is 0 Å². The number of alkyl carbamates (subject to hydrolysis) is 1. The summed E-state index contributed by atoms with van der Waals surface area (Å²) in [6.45, 7) is 5.30. The molecule has 1 aromatic carbocycles. The van der Waals surface area contributed by atoms with E-state index in [0.717, 1.165) is 5.56 Å². The van der Waals surface area contributed by atoms with E-state index in [2.05, 4.69) is 20.9 Å². The average Bonchev–Trinajstić information content (AvgIpc) is 2.64. The van der Waals surface area contributed by atoms with Crippen molar-refractivity contribution in [2.75, 3.05) is 11.9 Å². The lowest BCUT2D eigenvalue weighted by Gasteiger charge is -2.19. The summed E-state index contributed by atoms with van der Waals surface area (Å²) in [5.74, 6) is -0.669. The molecule has 0 aliphatic heterocycles. The van der Waals surface area contributed by atoms with Crippen LogP contribution in [0.1, 0.15) is 36.8 Å². The van der Waals surface area contributed by atoms with E-state index in [1.807, 2.05) is 6.07 Å². The Labute approximate surface area is 163 Å². The van der Waals surface area contributed by atoms with Crippen molar-refractivity contribution in [1.82, 2.24) is 15.6 Å². The third-order valence-electron chi connectivity index (χ3n) is 3.35. The Kier molecular flexibility index (Phi) is 7.08. The number of carbonyl (C=O) groups is 3. The lowest BCUT2D eigenvalue weighted by molar-refractivity contribution is -0.115. The van der Waals surface area contributed by atoms with Crippen LogP contribution in [0.5, 0.6) is 0 Å². The Hall–Kier alpha value is -3.42. The molecule has 28 heavy (non-hydrogen) atoms. The van der Waals surface area contributed by atoms with Gasteiger partial charge in [0.2, 0.25) is 5.91 Å². The molecule has 1 heterocycles. The lowest BCUT2D eigenvalue weighted by atomic mass is 10.2. The van der Waals surface area contributed by atoms with E-state index in [1.165, 1.54) is 0 Å². The minimum atomic E-state index is -0.659. The molecule has 0 unspecified atom stereocenters. The molecule has 1 aromatic heterocycles. The van der Waals surface area contributed by atoms with Crippen LogP contribution in [0.2, 0.25) is 0 Å². The van der Waals surface area contributed by atoms with Crippen LogP contribution in [0.3, 0.4) is 0 Å². The van der Waals surface area contributed by atoms with Crippen molar-refractivity contribution in [3.8, 4) is 0 Å². The van der Waals surface area contributed by atoms with Crippen LogP contribution < -0.4 is 16.0 Å². The molecular weight excluding hydrogens is 360 g/mol. The Morgan fingerprint density at radius 2 is 1.82 bits per heavy atom. The van der Waals surface area contributed by atoms with Gasteiger partial charge in [0.25, 0.3) is 5.91 Å². The van der Waals surface area contributed by atoms with Crippen molar-refractivity contribution in [2.45, 2.75) is 32.9 Å². The Morgan fingerprint density at radius 1 is 1.04 bits per heavy atom. The van der Waals surface area contributed by atoms with Gasteiger partial charge in [-0.25, -0.2) is 4.79 Å². The maximum atomic E-state index is 12.0. The third kappa shape index (κ3) is 7.45. The molecule has 0 atom stereocenters. The zero-order chi connectivity index (χ0) is 20.6. The van der Waals surface area contributed by atoms with Crippen LogP contribution in [0.25, 0.3) is 0 Å². The number of hydrogen-bond donors (Lipinski definition) is 3. The highest BCUT2D eigenvalue weighted by molar-refractivity contribution is 5.94. The quantitative estimate of drug-likeness (QED) is 0.709. The number of benzene rings is 1. The number of hydrogen-bond acceptors (Lipinski definition) is 5. The fraction of sp³-hybridized carbons (Fsp3) is 0.300. The molecule has 148 valence electrons. The summed E-state index contributed by atoms with van der Waals surface area (Å²) in [7, 11) is 0. The zero-order valence-corrected chi connectivity index (χ0v) is 16.1. The van der Waals surface area contributed by atoms with Crippen molar-refractivity contribution in [1.29, 1.82) is 0 Å². The van der Waals surface area contributed by atoms with Crippen molar-refractivity contribution < 1.29 is 19.1 Å². The first-order valence-corrected chi connectivity index (χ1v) is 8.78. The highest BCUT2D eigenvalue weighted by atomic mass is 16.6. The summed E-state index contributed by atoms with van der Waals surface area (Å²) < 4.78 is 5.07. The van der Waals surface area contributed by atoms with Gasteiger partial charge in [-0.3, -0.25) is 14.6 Å². The van der Waals surface area contributed by atoms with Crippen molar-refractivity contribution in [2.24, 2.45) is 0 Å². The molecular formula is C20H24N4O4. The maximum absolute atomic E-state index is 12.0. The topological polar surface area (TPSA) is 109 Å². The zero-order valence-electron chi connectivity index (χ0n) is 16.1. The minimum absolute atomic E-state index is 0.213. The van der Waals surface area contributed by atoms with E-state index < -0.39 is 11.7 Å². The summed E-state index contributed by atoms with van der Waals surface area (Å²) in [6, 6.07) is 12.2. The van der Waals surface area contributed by atoms with Crippen LogP contribution in [0.15, 0.2) is 48.7 Å². The van der Waals surface area contributed by atoms with Crippen molar-refractivity contribution in [3.63, 3.8) is 0 Å². The van der Waals surface area contributed by atoms with Gasteiger partial charge in [0.05, 0.1) is 0 Å². The predicted octanol–water partition coefficient (Wildman–Crippen LogP) is 2.47. The van der Waals surface area contributed by atoms with Gasteiger partial charge < -0.3 is 20.7 Å². The second kappa shape index (κ2) is 9.50. The molecule has 0 radical (unpaired) electrons. The number of nitrogens with zero attached hydrogens (tertiary/aromatic N) is 1. The van der Waals surface area contributed by atoms with Crippen molar-refractivity contribution >= 4 is 23.6 Å². The van der Waals surface area contributed by atoms with Crippen LogP contribution >= 0.6 is 0 Å². The second-order valence-electron chi connectivity index (χ2n) is 7.00. The average molecular weight is 384 g/mol. The van der Waals surface area contributed by atoms with E-state index in [-0.39, 0.29) is 24.9 Å². The number of nitrogens with one attached hydrogen (secondary N) is 3. The van der Waals surface area contributed by atoms with Crippen LogP contribution in [-0.4, -0.2) is 35.0 Å². The summed E-state index contributed by atoms with van der Waals surface area (Å²) in [4.78, 5) is 39.6. The lowest BCUT2D eigenvalue weighted by Crippen LogP contribution is -2.37. The largest absolute Gasteiger partial charge is 0.444 e. The summed E-state index contributed by atoms with van der Waals surface area (Å²) in [5.41, 5.74) is 1.07. The maximum Gasteiger partial charge on any atom is 0.408 e. The first kappa shape index (κ1) is 20.9. The van der Waals surface area contributed by atoms with Crippen LogP contribution in [0.4, 0.5) is 10.5 Å². The number of rotatable bonds is 6. The summed E-state index contributed by atoms with van der Waals surface area (Å²) in [5, 5.41) is 7.85. The molecule has 0 bridgehead atoms. The molecule has 3 amide bonds. The Balaban J connectivity index is 1.83. The van der Waals surface area contributed by atoms with Gasteiger partial charge in [-0.15, -0.1) is 0 Å². The molecule has 2 rings (SSSR count). The molecule has 2 aromatic rings. The fourth-order valence-electron chi connectivity index (χ4n) is 2.20. The minimum Gasteiger partial charge on any atom is -0.444 e. The Bertz CT molecular complexity index is 832. The van der Waals surface area contributed by atoms with Gasteiger partial charge in [-0.1, -0.05) is 18.2 Å². The summed E-state index contributed by atoms with van der Waals surface area (Å²) >= 11 is 0. The molecule has 0 saturated heterocycles.